The first-order chi connectivity index (χ1) is 12.2. The minimum Gasteiger partial charge on any atom is -0.491 e. The number of fused-ring (bicyclic) bond motifs is 1. The largest absolute Gasteiger partial charge is 0.491 e. The van der Waals surface area contributed by atoms with E-state index in [2.05, 4.69) is 0 Å². The Balaban J connectivity index is 1.95. The van der Waals surface area contributed by atoms with E-state index in [1.807, 2.05) is 30.3 Å². The summed E-state index contributed by atoms with van der Waals surface area (Å²) in [6.45, 7) is -0.117. The molecule has 1 aliphatic rings. The van der Waals surface area contributed by atoms with Gasteiger partial charge in [-0.2, -0.15) is 0 Å². The maximum absolute atomic E-state index is 12.7. The number of carbonyl (C=O) groups excluding carboxylic acids is 1. The third-order valence-electron chi connectivity index (χ3n) is 3.84. The Morgan fingerprint density at radius 1 is 1.04 bits per heavy atom. The number of aliphatic hydroxyl groups excluding tert-OH is 2. The van der Waals surface area contributed by atoms with Gasteiger partial charge in [-0.1, -0.05) is 30.3 Å². The van der Waals surface area contributed by atoms with Gasteiger partial charge in [0, 0.05) is 12.1 Å². The second kappa shape index (κ2) is 8.00. The van der Waals surface area contributed by atoms with Crippen LogP contribution in [0.5, 0.6) is 17.2 Å². The summed E-state index contributed by atoms with van der Waals surface area (Å²) in [5, 5.41) is 17.9. The van der Waals surface area contributed by atoms with E-state index >= 15 is 0 Å². The summed E-state index contributed by atoms with van der Waals surface area (Å²) in [6, 6.07) is 12.7. The van der Waals surface area contributed by atoms with E-state index in [9.17, 15) is 4.79 Å². The number of hydrogen-bond donors (Lipinski definition) is 2. The predicted molar refractivity (Wildman–Crippen MR) is 90.4 cm³/mol. The molecular formula is C19H20O6. The Bertz CT molecular complexity index is 728. The minimum atomic E-state index is -0.375. The molecule has 2 aromatic carbocycles. The molecule has 6 heteroatoms. The molecule has 2 N–H and O–H groups in total. The van der Waals surface area contributed by atoms with Crippen LogP contribution in [0.3, 0.4) is 0 Å². The van der Waals surface area contributed by atoms with Crippen molar-refractivity contribution in [3.63, 3.8) is 0 Å². The first-order valence-electron chi connectivity index (χ1n) is 8.13. The highest BCUT2D eigenvalue weighted by molar-refractivity contribution is 6.02. The van der Waals surface area contributed by atoms with E-state index in [0.717, 1.165) is 5.56 Å². The molecule has 3 rings (SSSR count). The van der Waals surface area contributed by atoms with Crippen molar-refractivity contribution in [1.29, 1.82) is 0 Å². The molecule has 2 aromatic rings. The van der Waals surface area contributed by atoms with Crippen molar-refractivity contribution in [2.75, 3.05) is 26.4 Å². The van der Waals surface area contributed by atoms with E-state index < -0.39 is 0 Å². The molecule has 0 aromatic heterocycles. The van der Waals surface area contributed by atoms with Gasteiger partial charge in [0.1, 0.15) is 42.1 Å². The van der Waals surface area contributed by atoms with Gasteiger partial charge in [0.2, 0.25) is 0 Å². The highest BCUT2D eigenvalue weighted by Gasteiger charge is 2.31. The van der Waals surface area contributed by atoms with Gasteiger partial charge < -0.3 is 24.4 Å². The monoisotopic (exact) mass is 344 g/mol. The van der Waals surface area contributed by atoms with Crippen molar-refractivity contribution in [1.82, 2.24) is 0 Å². The fraction of sp³-hybridized carbons (Fsp3) is 0.316. The van der Waals surface area contributed by atoms with Crippen molar-refractivity contribution in [2.24, 2.45) is 0 Å². The fourth-order valence-electron chi connectivity index (χ4n) is 2.77. The Hall–Kier alpha value is -2.57. The zero-order valence-electron chi connectivity index (χ0n) is 13.7. The lowest BCUT2D eigenvalue weighted by molar-refractivity contribution is 0.0839. The van der Waals surface area contributed by atoms with Crippen LogP contribution < -0.4 is 14.2 Å². The van der Waals surface area contributed by atoms with Crippen LogP contribution in [0, 0.1) is 0 Å². The molecule has 25 heavy (non-hydrogen) atoms. The number of aliphatic hydroxyl groups is 2. The molecule has 132 valence electrons. The second-order valence-electron chi connectivity index (χ2n) is 5.58. The molecule has 0 saturated carbocycles. The zero-order valence-corrected chi connectivity index (χ0v) is 13.7. The molecule has 0 aliphatic carbocycles. The van der Waals surface area contributed by atoms with Gasteiger partial charge in [0.05, 0.1) is 19.6 Å². The molecule has 0 unspecified atom stereocenters. The van der Waals surface area contributed by atoms with Crippen LogP contribution in [0.4, 0.5) is 0 Å². The van der Waals surface area contributed by atoms with Gasteiger partial charge in [-0.15, -0.1) is 0 Å². The van der Waals surface area contributed by atoms with Gasteiger partial charge in [-0.3, -0.25) is 4.79 Å². The van der Waals surface area contributed by atoms with Crippen LogP contribution in [-0.4, -0.2) is 42.4 Å². The average Bonchev–Trinajstić information content (AvgIpc) is 2.64. The Morgan fingerprint density at radius 3 is 2.48 bits per heavy atom. The maximum Gasteiger partial charge on any atom is 0.174 e. The number of ether oxygens (including phenoxy) is 3. The van der Waals surface area contributed by atoms with Crippen molar-refractivity contribution in [2.45, 2.75) is 12.5 Å². The van der Waals surface area contributed by atoms with E-state index in [1.165, 1.54) is 0 Å². The van der Waals surface area contributed by atoms with Crippen molar-refractivity contribution in [3.8, 4) is 17.2 Å². The lowest BCUT2D eigenvalue weighted by Crippen LogP contribution is -2.21. The summed E-state index contributed by atoms with van der Waals surface area (Å²) in [7, 11) is 0. The molecular weight excluding hydrogens is 324 g/mol. The minimum absolute atomic E-state index is 0.0608. The standard InChI is InChI=1S/C19H20O6/c20-6-8-23-14-10-17(24-9-7-21)19-15(22)12-16(25-18(19)11-14)13-4-2-1-3-5-13/h1-5,10-11,16,20-21H,6-9,12H2/t16-/m0/s1. The van der Waals surface area contributed by atoms with E-state index in [4.69, 9.17) is 24.4 Å². The molecule has 0 amide bonds. The van der Waals surface area contributed by atoms with Gasteiger partial charge in [0.15, 0.2) is 5.78 Å². The molecule has 1 heterocycles. The molecule has 0 saturated heterocycles. The SMILES string of the molecule is O=C1C[C@@H](c2ccccc2)Oc2cc(OCCO)cc(OCCO)c21. The van der Waals surface area contributed by atoms with Gasteiger partial charge in [-0.05, 0) is 5.56 Å². The fourth-order valence-corrected chi connectivity index (χ4v) is 2.77. The predicted octanol–water partition coefficient (Wildman–Crippen LogP) is 2.14. The highest BCUT2D eigenvalue weighted by atomic mass is 16.5. The molecule has 0 bridgehead atoms. The molecule has 0 radical (unpaired) electrons. The van der Waals surface area contributed by atoms with Crippen LogP contribution in [-0.2, 0) is 0 Å². The summed E-state index contributed by atoms with van der Waals surface area (Å²) in [5.41, 5.74) is 1.28. The van der Waals surface area contributed by atoms with Gasteiger partial charge in [0.25, 0.3) is 0 Å². The van der Waals surface area contributed by atoms with Gasteiger partial charge in [-0.25, -0.2) is 0 Å². The molecule has 1 aliphatic heterocycles. The Kier molecular flexibility index (Phi) is 5.53. The van der Waals surface area contributed by atoms with E-state index in [0.29, 0.717) is 22.8 Å². The van der Waals surface area contributed by atoms with Crippen LogP contribution in [0.25, 0.3) is 0 Å². The van der Waals surface area contributed by atoms with Crippen LogP contribution in [0.1, 0.15) is 28.4 Å². The van der Waals surface area contributed by atoms with Crippen LogP contribution in [0.2, 0.25) is 0 Å². The van der Waals surface area contributed by atoms with E-state index in [-0.39, 0.29) is 44.7 Å². The molecule has 1 atom stereocenters. The number of Topliss-reactive ketones (excluding diaryl/α,β-unsaturated/α-hetero) is 1. The summed E-state index contributed by atoms with van der Waals surface area (Å²) < 4.78 is 17.0. The third kappa shape index (κ3) is 3.92. The molecule has 6 nitrogen and oxygen atoms in total. The Morgan fingerprint density at radius 2 is 1.76 bits per heavy atom. The van der Waals surface area contributed by atoms with Crippen LogP contribution in [0.15, 0.2) is 42.5 Å². The molecule has 0 spiro atoms. The van der Waals surface area contributed by atoms with Crippen LogP contribution >= 0.6 is 0 Å². The first kappa shape index (κ1) is 17.3. The third-order valence-corrected chi connectivity index (χ3v) is 3.84. The number of ketones is 1. The summed E-state index contributed by atoms with van der Waals surface area (Å²) in [6.07, 6.45) is -0.163. The number of hydrogen-bond acceptors (Lipinski definition) is 6. The zero-order chi connectivity index (χ0) is 17.6. The first-order valence-corrected chi connectivity index (χ1v) is 8.13. The summed E-state index contributed by atoms with van der Waals surface area (Å²) in [4.78, 5) is 12.7. The lowest BCUT2D eigenvalue weighted by atomic mass is 9.95. The lowest BCUT2D eigenvalue weighted by Gasteiger charge is -2.27. The number of benzene rings is 2. The second-order valence-corrected chi connectivity index (χ2v) is 5.58. The number of carbonyl (C=O) groups is 1. The smallest absolute Gasteiger partial charge is 0.174 e. The Labute approximate surface area is 145 Å². The van der Waals surface area contributed by atoms with Crippen molar-refractivity contribution < 1.29 is 29.2 Å². The maximum atomic E-state index is 12.7. The normalized spacial score (nSPS) is 16.1. The highest BCUT2D eigenvalue weighted by Crippen LogP contribution is 2.42. The quantitative estimate of drug-likeness (QED) is 0.800. The number of rotatable bonds is 7. The summed E-state index contributed by atoms with van der Waals surface area (Å²) >= 11 is 0. The van der Waals surface area contributed by atoms with Crippen molar-refractivity contribution >= 4 is 5.78 Å². The topological polar surface area (TPSA) is 85.2 Å². The average molecular weight is 344 g/mol. The van der Waals surface area contributed by atoms with Gasteiger partial charge >= 0.3 is 0 Å². The van der Waals surface area contributed by atoms with Crippen molar-refractivity contribution in [3.05, 3.63) is 53.6 Å². The summed E-state index contributed by atoms with van der Waals surface area (Å²) in [5.74, 6) is 1.04. The molecule has 0 fully saturated rings. The van der Waals surface area contributed by atoms with E-state index in [1.54, 1.807) is 12.1 Å².